The van der Waals surface area contributed by atoms with Gasteiger partial charge in [-0.25, -0.2) is 9.07 Å². The molecule has 0 atom stereocenters. The minimum Gasteiger partial charge on any atom is -0.319 e. The van der Waals surface area contributed by atoms with E-state index in [1.165, 1.54) is 17.7 Å². The minimum atomic E-state index is -0.474. The topological polar surface area (TPSA) is 59.8 Å². The van der Waals surface area contributed by atoms with Crippen LogP contribution < -0.4 is 5.32 Å². The Kier molecular flexibility index (Phi) is 4.68. The van der Waals surface area contributed by atoms with Crippen LogP contribution in [0.15, 0.2) is 79.0 Å². The highest BCUT2D eigenvalue weighted by Gasteiger charge is 2.12. The smallest absolute Gasteiger partial charge is 0.255 e. The van der Waals surface area contributed by atoms with Crippen LogP contribution in [0, 0.1) is 12.7 Å². The summed E-state index contributed by atoms with van der Waals surface area (Å²) in [6, 6.07) is 21.1. The number of anilines is 1. The lowest BCUT2D eigenvalue weighted by Crippen LogP contribution is -2.13. The molecule has 0 bridgehead atoms. The summed E-state index contributed by atoms with van der Waals surface area (Å²) in [4.78, 5) is 12.4. The minimum absolute atomic E-state index is 0.148. The number of carbonyl (C=O) groups excluding carboxylic acids is 1. The Bertz CT molecular complexity index is 1120. The maximum absolute atomic E-state index is 13.7. The standard InChI is InChI=1S/C22H17FN4O/c1-15-6-8-16(9-7-15)21-14-24-26-27(21)18-12-10-17(11-13-18)22(28)25-20-5-3-2-4-19(20)23/h2-14H,1H3,(H,25,28). The summed E-state index contributed by atoms with van der Waals surface area (Å²) in [5, 5.41) is 10.7. The Morgan fingerprint density at radius 3 is 2.39 bits per heavy atom. The molecule has 0 spiro atoms. The molecular formula is C22H17FN4O. The summed E-state index contributed by atoms with van der Waals surface area (Å²) in [6.07, 6.45) is 1.70. The Hall–Kier alpha value is -3.80. The fourth-order valence-electron chi connectivity index (χ4n) is 2.86. The van der Waals surface area contributed by atoms with Crippen LogP contribution >= 0.6 is 0 Å². The number of para-hydroxylation sites is 1. The molecule has 4 rings (SSSR count). The van der Waals surface area contributed by atoms with Gasteiger partial charge in [-0.05, 0) is 43.3 Å². The molecule has 5 nitrogen and oxygen atoms in total. The number of aryl methyl sites for hydroxylation is 1. The van der Waals surface area contributed by atoms with Crippen molar-refractivity contribution in [2.75, 3.05) is 5.32 Å². The van der Waals surface area contributed by atoms with Crippen LogP contribution in [0.4, 0.5) is 10.1 Å². The third-order valence-electron chi connectivity index (χ3n) is 4.39. The lowest BCUT2D eigenvalue weighted by Gasteiger charge is -2.09. The molecule has 0 fully saturated rings. The molecule has 28 heavy (non-hydrogen) atoms. The zero-order chi connectivity index (χ0) is 19.5. The van der Waals surface area contributed by atoms with Gasteiger partial charge in [0.15, 0.2) is 0 Å². The molecule has 1 amide bonds. The van der Waals surface area contributed by atoms with Crippen LogP contribution in [0.25, 0.3) is 16.9 Å². The number of nitrogens with zero attached hydrogens (tertiary/aromatic N) is 3. The van der Waals surface area contributed by atoms with Gasteiger partial charge in [0.25, 0.3) is 5.91 Å². The average molecular weight is 372 g/mol. The third-order valence-corrected chi connectivity index (χ3v) is 4.39. The number of hydrogen-bond acceptors (Lipinski definition) is 3. The number of amides is 1. The van der Waals surface area contributed by atoms with Gasteiger partial charge in [0, 0.05) is 11.1 Å². The van der Waals surface area contributed by atoms with E-state index in [-0.39, 0.29) is 11.6 Å². The zero-order valence-electron chi connectivity index (χ0n) is 15.1. The molecule has 0 unspecified atom stereocenters. The van der Waals surface area contributed by atoms with Crippen LogP contribution in [0.1, 0.15) is 15.9 Å². The number of hydrogen-bond donors (Lipinski definition) is 1. The fraction of sp³-hybridized carbons (Fsp3) is 0.0455. The van der Waals surface area contributed by atoms with Crippen molar-refractivity contribution in [3.05, 3.63) is 95.9 Å². The molecule has 1 heterocycles. The average Bonchev–Trinajstić information content (AvgIpc) is 3.20. The molecule has 0 aliphatic heterocycles. The Balaban J connectivity index is 1.58. The number of nitrogens with one attached hydrogen (secondary N) is 1. The van der Waals surface area contributed by atoms with Crippen molar-refractivity contribution >= 4 is 11.6 Å². The van der Waals surface area contributed by atoms with Crippen LogP contribution in [0.3, 0.4) is 0 Å². The Morgan fingerprint density at radius 2 is 1.68 bits per heavy atom. The van der Waals surface area contributed by atoms with E-state index < -0.39 is 5.82 Å². The van der Waals surface area contributed by atoms with Gasteiger partial charge in [0.2, 0.25) is 0 Å². The maximum atomic E-state index is 13.7. The normalized spacial score (nSPS) is 10.6. The molecule has 138 valence electrons. The van der Waals surface area contributed by atoms with Crippen molar-refractivity contribution in [2.24, 2.45) is 0 Å². The monoisotopic (exact) mass is 372 g/mol. The van der Waals surface area contributed by atoms with Crippen molar-refractivity contribution in [3.8, 4) is 16.9 Å². The van der Waals surface area contributed by atoms with E-state index in [9.17, 15) is 9.18 Å². The number of benzene rings is 3. The van der Waals surface area contributed by atoms with E-state index >= 15 is 0 Å². The second-order valence-corrected chi connectivity index (χ2v) is 6.38. The maximum Gasteiger partial charge on any atom is 0.255 e. The second-order valence-electron chi connectivity index (χ2n) is 6.38. The molecule has 3 aromatic carbocycles. The van der Waals surface area contributed by atoms with Gasteiger partial charge in [0.05, 0.1) is 23.3 Å². The summed E-state index contributed by atoms with van der Waals surface area (Å²) in [5.41, 5.74) is 4.36. The SMILES string of the molecule is Cc1ccc(-c2cnnn2-c2ccc(C(=O)Nc3ccccc3F)cc2)cc1. The first-order chi connectivity index (χ1) is 13.6. The summed E-state index contributed by atoms with van der Waals surface area (Å²) in [6.45, 7) is 2.03. The third kappa shape index (κ3) is 3.53. The highest BCUT2D eigenvalue weighted by Crippen LogP contribution is 2.22. The van der Waals surface area contributed by atoms with Gasteiger partial charge in [-0.2, -0.15) is 0 Å². The van der Waals surface area contributed by atoms with E-state index in [0.29, 0.717) is 5.56 Å². The van der Waals surface area contributed by atoms with Crippen LogP contribution in [0.5, 0.6) is 0 Å². The van der Waals surface area contributed by atoms with Crippen molar-refractivity contribution in [3.63, 3.8) is 0 Å². The molecule has 4 aromatic rings. The van der Waals surface area contributed by atoms with E-state index in [4.69, 9.17) is 0 Å². The highest BCUT2D eigenvalue weighted by molar-refractivity contribution is 6.04. The van der Waals surface area contributed by atoms with Crippen molar-refractivity contribution < 1.29 is 9.18 Å². The molecule has 0 saturated heterocycles. The first-order valence-electron chi connectivity index (χ1n) is 8.76. The zero-order valence-corrected chi connectivity index (χ0v) is 15.1. The number of carbonyl (C=O) groups is 1. The van der Waals surface area contributed by atoms with Gasteiger partial charge in [-0.15, -0.1) is 5.10 Å². The number of aromatic nitrogens is 3. The molecule has 0 radical (unpaired) electrons. The first-order valence-corrected chi connectivity index (χ1v) is 8.76. The predicted molar refractivity (Wildman–Crippen MR) is 106 cm³/mol. The molecular weight excluding hydrogens is 355 g/mol. The first kappa shape index (κ1) is 17.6. The number of halogens is 1. The van der Waals surface area contributed by atoms with Gasteiger partial charge in [0.1, 0.15) is 5.82 Å². The van der Waals surface area contributed by atoms with Crippen LogP contribution in [-0.4, -0.2) is 20.9 Å². The molecule has 0 aliphatic carbocycles. The van der Waals surface area contributed by atoms with Gasteiger partial charge < -0.3 is 5.32 Å². The van der Waals surface area contributed by atoms with Crippen LogP contribution in [0.2, 0.25) is 0 Å². The molecule has 0 saturated carbocycles. The summed E-state index contributed by atoms with van der Waals surface area (Å²) in [5.74, 6) is -0.855. The van der Waals surface area contributed by atoms with Gasteiger partial charge in [-0.1, -0.05) is 47.2 Å². The Labute approximate surface area is 161 Å². The highest BCUT2D eigenvalue weighted by atomic mass is 19.1. The summed E-state index contributed by atoms with van der Waals surface area (Å²) in [7, 11) is 0. The number of rotatable bonds is 4. The van der Waals surface area contributed by atoms with Gasteiger partial charge in [-0.3, -0.25) is 4.79 Å². The van der Waals surface area contributed by atoms with E-state index in [2.05, 4.69) is 15.6 Å². The van der Waals surface area contributed by atoms with Crippen LogP contribution in [-0.2, 0) is 0 Å². The summed E-state index contributed by atoms with van der Waals surface area (Å²) >= 11 is 0. The fourth-order valence-corrected chi connectivity index (χ4v) is 2.86. The lowest BCUT2D eigenvalue weighted by molar-refractivity contribution is 0.102. The second kappa shape index (κ2) is 7.44. The van der Waals surface area contributed by atoms with E-state index in [0.717, 1.165) is 16.9 Å². The van der Waals surface area contributed by atoms with Crippen molar-refractivity contribution in [2.45, 2.75) is 6.92 Å². The largest absolute Gasteiger partial charge is 0.319 e. The molecule has 1 aromatic heterocycles. The Morgan fingerprint density at radius 1 is 0.964 bits per heavy atom. The molecule has 6 heteroatoms. The van der Waals surface area contributed by atoms with Crippen molar-refractivity contribution in [1.82, 2.24) is 15.0 Å². The van der Waals surface area contributed by atoms with Gasteiger partial charge >= 0.3 is 0 Å². The quantitative estimate of drug-likeness (QED) is 0.568. The van der Waals surface area contributed by atoms with Crippen molar-refractivity contribution in [1.29, 1.82) is 0 Å². The summed E-state index contributed by atoms with van der Waals surface area (Å²) < 4.78 is 15.4. The van der Waals surface area contributed by atoms with E-state index in [1.807, 2.05) is 31.2 Å². The predicted octanol–water partition coefficient (Wildman–Crippen LogP) is 4.63. The molecule has 1 N–H and O–H groups in total. The lowest BCUT2D eigenvalue weighted by atomic mass is 10.1. The molecule has 0 aliphatic rings. The van der Waals surface area contributed by atoms with E-state index in [1.54, 1.807) is 47.3 Å².